The Balaban J connectivity index is 1.60. The molecule has 0 spiro atoms. The normalized spacial score (nSPS) is 15.8. The SMILES string of the molecule is CCn1c(=O)c2ccccc2n(CC(=O)Nc2cc(Cl)ccc2OCC2CCCO2)c1=O. The molecule has 168 valence electrons. The first kappa shape index (κ1) is 22.1. The maximum absolute atomic E-state index is 12.9. The average molecular weight is 458 g/mol. The molecule has 4 rings (SSSR count). The van der Waals surface area contributed by atoms with Gasteiger partial charge in [-0.1, -0.05) is 23.7 Å². The van der Waals surface area contributed by atoms with Gasteiger partial charge in [0.1, 0.15) is 18.9 Å². The molecule has 1 aromatic heterocycles. The van der Waals surface area contributed by atoms with Crippen molar-refractivity contribution in [2.45, 2.75) is 39.0 Å². The molecule has 2 aromatic carbocycles. The third-order valence-electron chi connectivity index (χ3n) is 5.41. The van der Waals surface area contributed by atoms with Crippen LogP contribution in [0.2, 0.25) is 5.02 Å². The third kappa shape index (κ3) is 4.56. The van der Waals surface area contributed by atoms with Crippen LogP contribution in [0.5, 0.6) is 5.75 Å². The monoisotopic (exact) mass is 457 g/mol. The predicted octanol–water partition coefficient (Wildman–Crippen LogP) is 3.03. The second-order valence-corrected chi connectivity index (χ2v) is 8.01. The van der Waals surface area contributed by atoms with E-state index in [2.05, 4.69) is 5.32 Å². The second-order valence-electron chi connectivity index (χ2n) is 7.57. The number of aromatic nitrogens is 2. The van der Waals surface area contributed by atoms with Gasteiger partial charge < -0.3 is 14.8 Å². The Morgan fingerprint density at radius 2 is 2.03 bits per heavy atom. The van der Waals surface area contributed by atoms with E-state index in [9.17, 15) is 14.4 Å². The van der Waals surface area contributed by atoms with Crippen LogP contribution in [0.4, 0.5) is 5.69 Å². The number of carbonyl (C=O) groups excluding carboxylic acids is 1. The number of hydrogen-bond donors (Lipinski definition) is 1. The van der Waals surface area contributed by atoms with Crippen molar-refractivity contribution in [2.24, 2.45) is 0 Å². The summed E-state index contributed by atoms with van der Waals surface area (Å²) in [4.78, 5) is 38.4. The summed E-state index contributed by atoms with van der Waals surface area (Å²) in [7, 11) is 0. The summed E-state index contributed by atoms with van der Waals surface area (Å²) in [5, 5.41) is 3.60. The highest BCUT2D eigenvalue weighted by molar-refractivity contribution is 6.31. The number of hydrogen-bond acceptors (Lipinski definition) is 5. The van der Waals surface area contributed by atoms with Crippen molar-refractivity contribution in [3.63, 3.8) is 0 Å². The molecule has 1 fully saturated rings. The summed E-state index contributed by atoms with van der Waals surface area (Å²) in [5.74, 6) is 0.0248. The van der Waals surface area contributed by atoms with E-state index in [-0.39, 0.29) is 24.8 Å². The number of nitrogens with one attached hydrogen (secondary N) is 1. The van der Waals surface area contributed by atoms with Crippen LogP contribution in [0, 0.1) is 0 Å². The van der Waals surface area contributed by atoms with Gasteiger partial charge in [0.15, 0.2) is 0 Å². The number of benzene rings is 2. The van der Waals surface area contributed by atoms with Crippen molar-refractivity contribution in [2.75, 3.05) is 18.5 Å². The van der Waals surface area contributed by atoms with Gasteiger partial charge in [0.05, 0.1) is 22.7 Å². The van der Waals surface area contributed by atoms with Gasteiger partial charge >= 0.3 is 5.69 Å². The number of fused-ring (bicyclic) bond motifs is 1. The average Bonchev–Trinajstić information content (AvgIpc) is 3.30. The minimum Gasteiger partial charge on any atom is -0.489 e. The summed E-state index contributed by atoms with van der Waals surface area (Å²) in [6, 6.07) is 11.7. The molecule has 0 saturated carbocycles. The number of halogens is 1. The van der Waals surface area contributed by atoms with Crippen LogP contribution < -0.4 is 21.3 Å². The lowest BCUT2D eigenvalue weighted by Gasteiger charge is -2.16. The molecule has 9 heteroatoms. The number of carbonyl (C=O) groups is 1. The highest BCUT2D eigenvalue weighted by Gasteiger charge is 2.19. The Bertz CT molecular complexity index is 1260. The van der Waals surface area contributed by atoms with Crippen molar-refractivity contribution < 1.29 is 14.3 Å². The molecule has 32 heavy (non-hydrogen) atoms. The van der Waals surface area contributed by atoms with Crippen LogP contribution >= 0.6 is 11.6 Å². The summed E-state index contributed by atoms with van der Waals surface area (Å²) < 4.78 is 13.9. The second kappa shape index (κ2) is 9.58. The molecule has 0 radical (unpaired) electrons. The summed E-state index contributed by atoms with van der Waals surface area (Å²) in [5.41, 5.74) is -0.0957. The molecule has 1 unspecified atom stereocenters. The van der Waals surface area contributed by atoms with E-state index in [0.717, 1.165) is 24.0 Å². The van der Waals surface area contributed by atoms with E-state index in [1.807, 2.05) is 0 Å². The van der Waals surface area contributed by atoms with Crippen molar-refractivity contribution >= 4 is 34.1 Å². The molecule has 1 atom stereocenters. The lowest BCUT2D eigenvalue weighted by atomic mass is 10.2. The molecule has 1 aliphatic heterocycles. The zero-order chi connectivity index (χ0) is 22.7. The molecule has 3 aromatic rings. The largest absolute Gasteiger partial charge is 0.489 e. The molecular weight excluding hydrogens is 434 g/mol. The third-order valence-corrected chi connectivity index (χ3v) is 5.65. The Hall–Kier alpha value is -3.10. The Kier molecular flexibility index (Phi) is 6.62. The quantitative estimate of drug-likeness (QED) is 0.588. The van der Waals surface area contributed by atoms with Crippen LogP contribution in [0.25, 0.3) is 10.9 Å². The Morgan fingerprint density at radius 3 is 2.78 bits per heavy atom. The van der Waals surface area contributed by atoms with Crippen molar-refractivity contribution in [3.05, 3.63) is 68.3 Å². The number of rotatable bonds is 7. The van der Waals surface area contributed by atoms with Gasteiger partial charge in [0.2, 0.25) is 5.91 Å². The fraction of sp³-hybridized carbons (Fsp3) is 0.348. The molecule has 0 aliphatic carbocycles. The predicted molar refractivity (Wildman–Crippen MR) is 123 cm³/mol. The first-order chi connectivity index (χ1) is 15.5. The fourth-order valence-electron chi connectivity index (χ4n) is 3.82. The standard InChI is InChI=1S/C23H24ClN3O5/c1-2-26-22(29)17-7-3-4-8-19(17)27(23(26)30)13-21(28)25-18-12-15(24)9-10-20(18)32-14-16-6-5-11-31-16/h3-4,7-10,12,16H,2,5-6,11,13-14H2,1H3,(H,25,28). The van der Waals surface area contributed by atoms with Gasteiger partial charge in [-0.2, -0.15) is 0 Å². The summed E-state index contributed by atoms with van der Waals surface area (Å²) in [6.07, 6.45) is 1.95. The van der Waals surface area contributed by atoms with Gasteiger partial charge in [-0.15, -0.1) is 0 Å². The molecule has 2 heterocycles. The Labute approximate surface area is 189 Å². The minimum absolute atomic E-state index is 0.0225. The van der Waals surface area contributed by atoms with Gasteiger partial charge in [0, 0.05) is 18.2 Å². The van der Waals surface area contributed by atoms with Crippen molar-refractivity contribution in [3.8, 4) is 5.75 Å². The maximum atomic E-state index is 12.9. The number of amides is 1. The van der Waals surface area contributed by atoms with Crippen LogP contribution in [-0.2, 0) is 22.6 Å². The van der Waals surface area contributed by atoms with E-state index < -0.39 is 11.6 Å². The topological polar surface area (TPSA) is 91.6 Å². The fourth-order valence-corrected chi connectivity index (χ4v) is 3.99. The lowest BCUT2D eigenvalue weighted by Crippen LogP contribution is -2.41. The molecular formula is C23H24ClN3O5. The molecule has 0 bridgehead atoms. The van der Waals surface area contributed by atoms with Crippen molar-refractivity contribution in [1.82, 2.24) is 9.13 Å². The zero-order valence-electron chi connectivity index (χ0n) is 17.7. The van der Waals surface area contributed by atoms with Crippen molar-refractivity contribution in [1.29, 1.82) is 0 Å². The van der Waals surface area contributed by atoms with Crippen LogP contribution in [-0.4, -0.2) is 34.4 Å². The molecule has 1 aliphatic rings. The lowest BCUT2D eigenvalue weighted by molar-refractivity contribution is -0.116. The summed E-state index contributed by atoms with van der Waals surface area (Å²) >= 11 is 6.12. The van der Waals surface area contributed by atoms with Crippen LogP contribution in [0.15, 0.2) is 52.1 Å². The van der Waals surface area contributed by atoms with Gasteiger partial charge in [-0.3, -0.25) is 18.7 Å². The van der Waals surface area contributed by atoms with Gasteiger partial charge in [-0.05, 0) is 50.1 Å². The minimum atomic E-state index is -0.535. The van der Waals surface area contributed by atoms with E-state index in [0.29, 0.717) is 34.0 Å². The van der Waals surface area contributed by atoms with Gasteiger partial charge in [-0.25, -0.2) is 4.79 Å². The maximum Gasteiger partial charge on any atom is 0.331 e. The number of anilines is 1. The van der Waals surface area contributed by atoms with E-state index >= 15 is 0 Å². The van der Waals surface area contributed by atoms with E-state index in [1.165, 1.54) is 4.57 Å². The highest BCUT2D eigenvalue weighted by atomic mass is 35.5. The smallest absolute Gasteiger partial charge is 0.331 e. The van der Waals surface area contributed by atoms with Crippen LogP contribution in [0.1, 0.15) is 19.8 Å². The zero-order valence-corrected chi connectivity index (χ0v) is 18.4. The van der Waals surface area contributed by atoms with Crippen LogP contribution in [0.3, 0.4) is 0 Å². The first-order valence-corrected chi connectivity index (χ1v) is 10.9. The number of para-hydroxylation sites is 1. The molecule has 8 nitrogen and oxygen atoms in total. The number of nitrogens with zero attached hydrogens (tertiary/aromatic N) is 2. The summed E-state index contributed by atoms with van der Waals surface area (Å²) in [6.45, 7) is 2.75. The molecule has 1 saturated heterocycles. The first-order valence-electron chi connectivity index (χ1n) is 10.5. The van der Waals surface area contributed by atoms with E-state index in [1.54, 1.807) is 49.4 Å². The molecule has 1 N–H and O–H groups in total. The Morgan fingerprint density at radius 1 is 1.22 bits per heavy atom. The van der Waals surface area contributed by atoms with Gasteiger partial charge in [0.25, 0.3) is 5.56 Å². The number of ether oxygens (including phenoxy) is 2. The van der Waals surface area contributed by atoms with E-state index in [4.69, 9.17) is 21.1 Å². The molecule has 1 amide bonds. The highest BCUT2D eigenvalue weighted by Crippen LogP contribution is 2.29.